The minimum absolute atomic E-state index is 0.0275. The standard InChI is InChI=1S/C14H10Cl2N2O3S/c15-9-1-6-13(12(16)7-9)22-8-14(19)17-10-2-4-11(5-3-10)18(20)21/h1-7H,8H2,(H,17,19). The summed E-state index contributed by atoms with van der Waals surface area (Å²) >= 11 is 13.1. The van der Waals surface area contributed by atoms with Gasteiger partial charge in [-0.2, -0.15) is 0 Å². The van der Waals surface area contributed by atoms with Crippen LogP contribution in [0.5, 0.6) is 0 Å². The number of carbonyl (C=O) groups is 1. The molecule has 8 heteroatoms. The van der Waals surface area contributed by atoms with E-state index in [1.807, 2.05) is 0 Å². The highest BCUT2D eigenvalue weighted by molar-refractivity contribution is 8.00. The second-order valence-corrected chi connectivity index (χ2v) is 6.08. The minimum atomic E-state index is -0.496. The zero-order valence-electron chi connectivity index (χ0n) is 11.1. The molecular formula is C14H10Cl2N2O3S. The summed E-state index contributed by atoms with van der Waals surface area (Å²) in [6.45, 7) is 0. The van der Waals surface area contributed by atoms with Crippen molar-refractivity contribution < 1.29 is 9.72 Å². The van der Waals surface area contributed by atoms with Crippen molar-refractivity contribution in [2.24, 2.45) is 0 Å². The Balaban J connectivity index is 1.91. The van der Waals surface area contributed by atoms with Gasteiger partial charge in [0.2, 0.25) is 5.91 Å². The Labute approximate surface area is 140 Å². The van der Waals surface area contributed by atoms with Crippen molar-refractivity contribution in [1.82, 2.24) is 0 Å². The summed E-state index contributed by atoms with van der Waals surface area (Å²) in [5, 5.41) is 14.2. The summed E-state index contributed by atoms with van der Waals surface area (Å²) in [5.74, 6) is -0.0666. The second-order valence-electron chi connectivity index (χ2n) is 4.22. The van der Waals surface area contributed by atoms with E-state index < -0.39 is 4.92 Å². The van der Waals surface area contributed by atoms with Gasteiger partial charge in [-0.1, -0.05) is 23.2 Å². The van der Waals surface area contributed by atoms with Crippen LogP contribution < -0.4 is 5.32 Å². The van der Waals surface area contributed by atoms with Crippen LogP contribution in [0.4, 0.5) is 11.4 Å². The van der Waals surface area contributed by atoms with Crippen molar-refractivity contribution in [1.29, 1.82) is 0 Å². The first-order valence-electron chi connectivity index (χ1n) is 6.08. The molecule has 2 aromatic carbocycles. The lowest BCUT2D eigenvalue weighted by molar-refractivity contribution is -0.384. The maximum absolute atomic E-state index is 11.8. The van der Waals surface area contributed by atoms with Gasteiger partial charge in [-0.15, -0.1) is 11.8 Å². The van der Waals surface area contributed by atoms with Crippen molar-refractivity contribution in [3.63, 3.8) is 0 Å². The van der Waals surface area contributed by atoms with E-state index in [9.17, 15) is 14.9 Å². The first kappa shape index (κ1) is 16.6. The van der Waals surface area contributed by atoms with Gasteiger partial charge < -0.3 is 5.32 Å². The van der Waals surface area contributed by atoms with E-state index in [1.165, 1.54) is 36.0 Å². The van der Waals surface area contributed by atoms with Gasteiger partial charge in [0, 0.05) is 27.7 Å². The van der Waals surface area contributed by atoms with Gasteiger partial charge in [0.05, 0.1) is 15.7 Å². The zero-order valence-corrected chi connectivity index (χ0v) is 13.4. The lowest BCUT2D eigenvalue weighted by Crippen LogP contribution is -2.13. The van der Waals surface area contributed by atoms with Crippen molar-refractivity contribution in [3.05, 3.63) is 62.6 Å². The monoisotopic (exact) mass is 356 g/mol. The average molecular weight is 357 g/mol. The Morgan fingerprint density at radius 1 is 1.18 bits per heavy atom. The molecule has 0 saturated carbocycles. The molecule has 0 radical (unpaired) electrons. The Morgan fingerprint density at radius 3 is 2.45 bits per heavy atom. The van der Waals surface area contributed by atoms with Crippen LogP contribution >= 0.6 is 35.0 Å². The zero-order chi connectivity index (χ0) is 16.1. The van der Waals surface area contributed by atoms with Gasteiger partial charge in [-0.3, -0.25) is 14.9 Å². The molecule has 0 aliphatic heterocycles. The predicted octanol–water partition coefficient (Wildman–Crippen LogP) is 4.63. The molecule has 2 aromatic rings. The number of halogens is 2. The molecule has 0 spiro atoms. The fraction of sp³-hybridized carbons (Fsp3) is 0.0714. The molecule has 2 rings (SSSR count). The molecule has 0 fully saturated rings. The molecule has 1 N–H and O–H groups in total. The summed E-state index contributed by atoms with van der Waals surface area (Å²) in [6, 6.07) is 10.7. The number of carbonyl (C=O) groups excluding carboxylic acids is 1. The Kier molecular flexibility index (Phi) is 5.65. The normalized spacial score (nSPS) is 10.3. The Morgan fingerprint density at radius 2 is 1.86 bits per heavy atom. The smallest absolute Gasteiger partial charge is 0.269 e. The van der Waals surface area contributed by atoms with Gasteiger partial charge in [-0.05, 0) is 30.3 Å². The number of hydrogen-bond acceptors (Lipinski definition) is 4. The average Bonchev–Trinajstić information content (AvgIpc) is 2.47. The third-order valence-electron chi connectivity index (χ3n) is 2.61. The third kappa shape index (κ3) is 4.62. The number of nitro groups is 1. The molecule has 0 aromatic heterocycles. The third-order valence-corrected chi connectivity index (χ3v) is 4.35. The van der Waals surface area contributed by atoms with Crippen LogP contribution in [0.2, 0.25) is 10.0 Å². The molecular weight excluding hydrogens is 347 g/mol. The molecule has 0 bridgehead atoms. The van der Waals surface area contributed by atoms with Crippen LogP contribution in [0, 0.1) is 10.1 Å². The quantitative estimate of drug-likeness (QED) is 0.481. The first-order valence-corrected chi connectivity index (χ1v) is 7.82. The second kappa shape index (κ2) is 7.49. The number of thioether (sulfide) groups is 1. The summed E-state index contributed by atoms with van der Waals surface area (Å²) in [6.07, 6.45) is 0. The first-order chi connectivity index (χ1) is 10.5. The summed E-state index contributed by atoms with van der Waals surface area (Å²) < 4.78 is 0. The molecule has 0 atom stereocenters. The van der Waals surface area contributed by atoms with Crippen LogP contribution in [-0.2, 0) is 4.79 Å². The highest BCUT2D eigenvalue weighted by atomic mass is 35.5. The predicted molar refractivity (Wildman–Crippen MR) is 88.9 cm³/mol. The number of benzene rings is 2. The topological polar surface area (TPSA) is 72.2 Å². The SMILES string of the molecule is O=C(CSc1ccc(Cl)cc1Cl)Nc1ccc([N+](=O)[O-])cc1. The molecule has 22 heavy (non-hydrogen) atoms. The number of nitrogens with zero attached hydrogens (tertiary/aromatic N) is 1. The fourth-order valence-corrected chi connectivity index (χ4v) is 2.89. The molecule has 0 saturated heterocycles. The number of amides is 1. The summed E-state index contributed by atoms with van der Waals surface area (Å²) in [7, 11) is 0. The molecule has 0 heterocycles. The van der Waals surface area contributed by atoms with E-state index in [4.69, 9.17) is 23.2 Å². The summed E-state index contributed by atoms with van der Waals surface area (Å²) in [4.78, 5) is 22.6. The van der Waals surface area contributed by atoms with E-state index in [0.29, 0.717) is 15.7 Å². The highest BCUT2D eigenvalue weighted by Crippen LogP contribution is 2.29. The maximum Gasteiger partial charge on any atom is 0.269 e. The summed E-state index contributed by atoms with van der Waals surface area (Å²) in [5.41, 5.74) is 0.471. The van der Waals surface area contributed by atoms with Gasteiger partial charge in [0.1, 0.15) is 0 Å². The molecule has 5 nitrogen and oxygen atoms in total. The van der Waals surface area contributed by atoms with Crippen molar-refractivity contribution >= 4 is 52.2 Å². The van der Waals surface area contributed by atoms with E-state index in [-0.39, 0.29) is 17.3 Å². The molecule has 0 aliphatic rings. The molecule has 114 valence electrons. The number of anilines is 1. The lowest BCUT2D eigenvalue weighted by Gasteiger charge is -2.06. The van der Waals surface area contributed by atoms with Gasteiger partial charge in [-0.25, -0.2) is 0 Å². The van der Waals surface area contributed by atoms with Crippen LogP contribution in [0.1, 0.15) is 0 Å². The van der Waals surface area contributed by atoms with Crippen molar-refractivity contribution in [3.8, 4) is 0 Å². The Bertz CT molecular complexity index is 708. The molecule has 0 aliphatic carbocycles. The largest absolute Gasteiger partial charge is 0.325 e. The van der Waals surface area contributed by atoms with E-state index >= 15 is 0 Å². The van der Waals surface area contributed by atoms with Gasteiger partial charge in [0.15, 0.2) is 0 Å². The molecule has 0 unspecified atom stereocenters. The van der Waals surface area contributed by atoms with E-state index in [2.05, 4.69) is 5.32 Å². The number of rotatable bonds is 5. The maximum atomic E-state index is 11.8. The van der Waals surface area contributed by atoms with Crippen LogP contribution in [-0.4, -0.2) is 16.6 Å². The molecule has 1 amide bonds. The minimum Gasteiger partial charge on any atom is -0.325 e. The van der Waals surface area contributed by atoms with Gasteiger partial charge >= 0.3 is 0 Å². The number of nitro benzene ring substituents is 1. The van der Waals surface area contributed by atoms with Crippen molar-refractivity contribution in [2.45, 2.75) is 4.90 Å². The van der Waals surface area contributed by atoms with E-state index in [1.54, 1.807) is 18.2 Å². The fourth-order valence-electron chi connectivity index (χ4n) is 1.60. The highest BCUT2D eigenvalue weighted by Gasteiger charge is 2.08. The van der Waals surface area contributed by atoms with Crippen molar-refractivity contribution in [2.75, 3.05) is 11.1 Å². The van der Waals surface area contributed by atoms with Gasteiger partial charge in [0.25, 0.3) is 5.69 Å². The van der Waals surface area contributed by atoms with Crippen LogP contribution in [0.15, 0.2) is 47.4 Å². The number of hydrogen-bond donors (Lipinski definition) is 1. The Hall–Kier alpha value is -1.76. The van der Waals surface area contributed by atoms with E-state index in [0.717, 1.165) is 4.90 Å². The number of nitrogens with one attached hydrogen (secondary N) is 1. The van der Waals surface area contributed by atoms with Crippen LogP contribution in [0.25, 0.3) is 0 Å². The lowest BCUT2D eigenvalue weighted by atomic mass is 10.3. The van der Waals surface area contributed by atoms with Crippen LogP contribution in [0.3, 0.4) is 0 Å². The number of non-ortho nitro benzene ring substituents is 1.